The van der Waals surface area contributed by atoms with Crippen LogP contribution in [0.2, 0.25) is 0 Å². The Labute approximate surface area is 202 Å². The molecule has 5 fully saturated rings. The number of ether oxygens (including phenoxy) is 1. The van der Waals surface area contributed by atoms with E-state index in [0.717, 1.165) is 68.3 Å². The Kier molecular flexibility index (Phi) is 4.29. The van der Waals surface area contributed by atoms with Crippen molar-refractivity contribution in [3.8, 4) is 5.19 Å². The highest BCUT2D eigenvalue weighted by Crippen LogP contribution is 2.55. The van der Waals surface area contributed by atoms with E-state index in [4.69, 9.17) is 4.74 Å². The second kappa shape index (κ2) is 6.87. The number of alkyl halides is 3. The van der Waals surface area contributed by atoms with Gasteiger partial charge in [0.1, 0.15) is 18.0 Å². The average Bonchev–Trinajstić information content (AvgIpc) is 3.10. The molecular weight excluding hydrogens is 485 g/mol. The first kappa shape index (κ1) is 21.8. The summed E-state index contributed by atoms with van der Waals surface area (Å²) in [4.78, 5) is 24.4. The molecule has 13 heteroatoms. The van der Waals surface area contributed by atoms with E-state index in [2.05, 4.69) is 15.1 Å². The monoisotopic (exact) mass is 510 g/mol. The summed E-state index contributed by atoms with van der Waals surface area (Å²) in [7, 11) is 0. The van der Waals surface area contributed by atoms with E-state index in [1.807, 2.05) is 14.5 Å². The zero-order chi connectivity index (χ0) is 24.2. The third kappa shape index (κ3) is 3.52. The van der Waals surface area contributed by atoms with Crippen LogP contribution in [0.5, 0.6) is 5.19 Å². The molecule has 4 heterocycles. The molecule has 1 N–H and O–H groups in total. The molecule has 3 aliphatic carbocycles. The summed E-state index contributed by atoms with van der Waals surface area (Å²) in [5.41, 5.74) is -1.53. The molecule has 0 bridgehead atoms. The van der Waals surface area contributed by atoms with E-state index in [-0.39, 0.29) is 34.2 Å². The van der Waals surface area contributed by atoms with Gasteiger partial charge in [-0.3, -0.25) is 0 Å². The van der Waals surface area contributed by atoms with Gasteiger partial charge in [-0.25, -0.2) is 14.5 Å². The summed E-state index contributed by atoms with van der Waals surface area (Å²) in [5.74, 6) is 0.525. The van der Waals surface area contributed by atoms with Crippen LogP contribution >= 0.6 is 11.3 Å². The molecule has 2 aromatic rings. The zero-order valence-corrected chi connectivity index (χ0v) is 19.7. The number of amides is 2. The van der Waals surface area contributed by atoms with E-state index in [1.54, 1.807) is 6.33 Å². The van der Waals surface area contributed by atoms with Gasteiger partial charge in [-0.15, -0.1) is 0 Å². The predicted octanol–water partition coefficient (Wildman–Crippen LogP) is 3.04. The number of nitrogens with zero attached hydrogens (tertiary/aromatic N) is 6. The maximum atomic E-state index is 12.9. The second-order valence-corrected chi connectivity index (χ2v) is 12.1. The van der Waals surface area contributed by atoms with Crippen molar-refractivity contribution in [3.63, 3.8) is 0 Å². The van der Waals surface area contributed by atoms with Crippen LogP contribution in [0.1, 0.15) is 56.1 Å². The van der Waals surface area contributed by atoms with Crippen LogP contribution < -0.4 is 4.74 Å². The van der Waals surface area contributed by atoms with Crippen LogP contribution in [-0.4, -0.2) is 73.0 Å². The number of aromatic nitrogens is 4. The maximum absolute atomic E-state index is 12.9. The van der Waals surface area contributed by atoms with Crippen molar-refractivity contribution < 1.29 is 27.8 Å². The van der Waals surface area contributed by atoms with Gasteiger partial charge in [0.15, 0.2) is 11.5 Å². The quantitative estimate of drug-likeness (QED) is 0.679. The lowest BCUT2D eigenvalue weighted by atomic mass is 9.60. The first-order chi connectivity index (χ1) is 16.5. The van der Waals surface area contributed by atoms with Gasteiger partial charge in [0.2, 0.25) is 0 Å². The van der Waals surface area contributed by atoms with Crippen molar-refractivity contribution in [2.75, 3.05) is 26.2 Å². The van der Waals surface area contributed by atoms with Crippen molar-refractivity contribution >= 4 is 17.4 Å². The molecule has 2 spiro atoms. The lowest BCUT2D eigenvalue weighted by molar-refractivity contribution is -0.141. The fourth-order valence-electron chi connectivity index (χ4n) is 6.22. The Morgan fingerprint density at radius 1 is 1.09 bits per heavy atom. The summed E-state index contributed by atoms with van der Waals surface area (Å²) in [5, 5.41) is 15.7. The van der Waals surface area contributed by atoms with E-state index >= 15 is 0 Å². The molecule has 2 amide bonds. The van der Waals surface area contributed by atoms with Crippen LogP contribution in [-0.2, 0) is 11.8 Å². The van der Waals surface area contributed by atoms with Crippen molar-refractivity contribution in [2.45, 2.75) is 62.4 Å². The van der Waals surface area contributed by atoms with Gasteiger partial charge in [-0.2, -0.15) is 23.3 Å². The number of aliphatic hydroxyl groups is 1. The Morgan fingerprint density at radius 2 is 1.71 bits per heavy atom. The second-order valence-electron chi connectivity index (χ2n) is 11.3. The molecular formula is C22H25F3N6O3S. The van der Waals surface area contributed by atoms with Gasteiger partial charge in [-0.1, -0.05) is 11.3 Å². The first-order valence-electron chi connectivity index (χ1n) is 11.9. The SMILES string of the molecule is O=C(N1CC2(CC(Oc3nc(C(F)(F)F)cs3)C2)C1)N1CC2(CC(n3cnc(C4(O)CC4)n3)C2)C1. The van der Waals surface area contributed by atoms with E-state index < -0.39 is 17.5 Å². The number of urea groups is 1. The van der Waals surface area contributed by atoms with Crippen LogP contribution in [0.4, 0.5) is 18.0 Å². The molecule has 2 aliphatic heterocycles. The highest BCUT2D eigenvalue weighted by Gasteiger charge is 2.59. The van der Waals surface area contributed by atoms with Crippen molar-refractivity contribution in [1.29, 1.82) is 0 Å². The molecule has 188 valence electrons. The van der Waals surface area contributed by atoms with Crippen LogP contribution in [0, 0.1) is 10.8 Å². The number of carbonyl (C=O) groups is 1. The topological polar surface area (TPSA) is 96.6 Å². The molecule has 7 rings (SSSR count). The Bertz CT molecular complexity index is 1170. The summed E-state index contributed by atoms with van der Waals surface area (Å²) < 4.78 is 45.5. The van der Waals surface area contributed by atoms with Crippen LogP contribution in [0.25, 0.3) is 0 Å². The highest BCUT2D eigenvalue weighted by molar-refractivity contribution is 7.11. The standard InChI is InChI=1S/C22H25F3N6O3S/c23-22(24,25)15-7-35-17(27-15)34-14-5-20(6-14)10-30(11-20)18(32)29-8-19(9-29)3-13(4-19)31-12-26-16(28-31)21(33)1-2-21/h7,12-14,33H,1-6,8-11H2. The molecule has 5 aliphatic rings. The largest absolute Gasteiger partial charge is 0.467 e. The van der Waals surface area contributed by atoms with E-state index in [9.17, 15) is 23.1 Å². The van der Waals surface area contributed by atoms with Crippen LogP contribution in [0.15, 0.2) is 11.7 Å². The van der Waals surface area contributed by atoms with Gasteiger partial charge in [-0.05, 0) is 38.5 Å². The maximum Gasteiger partial charge on any atom is 0.434 e. The molecule has 0 radical (unpaired) electrons. The number of halogens is 3. The first-order valence-corrected chi connectivity index (χ1v) is 12.8. The lowest BCUT2D eigenvalue weighted by Crippen LogP contribution is -2.71. The number of carbonyl (C=O) groups excluding carboxylic acids is 1. The third-order valence-electron chi connectivity index (χ3n) is 8.37. The molecule has 2 saturated heterocycles. The lowest BCUT2D eigenvalue weighted by Gasteiger charge is -2.62. The molecule has 2 aromatic heterocycles. The van der Waals surface area contributed by atoms with Gasteiger partial charge in [0.25, 0.3) is 5.19 Å². The molecule has 0 aromatic carbocycles. The third-order valence-corrected chi connectivity index (χ3v) is 9.10. The number of hydrogen-bond acceptors (Lipinski definition) is 7. The Hall–Kier alpha value is -2.41. The summed E-state index contributed by atoms with van der Waals surface area (Å²) in [6.07, 6.45) is 1.97. The number of hydrogen-bond donors (Lipinski definition) is 1. The highest BCUT2D eigenvalue weighted by atomic mass is 32.1. The predicted molar refractivity (Wildman–Crippen MR) is 116 cm³/mol. The van der Waals surface area contributed by atoms with Gasteiger partial charge < -0.3 is 19.6 Å². The molecule has 0 atom stereocenters. The smallest absolute Gasteiger partial charge is 0.434 e. The number of thiazole rings is 1. The molecule has 0 unspecified atom stereocenters. The van der Waals surface area contributed by atoms with Gasteiger partial charge in [0, 0.05) is 42.4 Å². The van der Waals surface area contributed by atoms with Crippen LogP contribution in [0.3, 0.4) is 0 Å². The average molecular weight is 511 g/mol. The molecule has 3 saturated carbocycles. The normalized spacial score (nSPS) is 26.2. The zero-order valence-electron chi connectivity index (χ0n) is 18.9. The fraction of sp³-hybridized carbons (Fsp3) is 0.727. The van der Waals surface area contributed by atoms with E-state index in [0.29, 0.717) is 18.9 Å². The summed E-state index contributed by atoms with van der Waals surface area (Å²) >= 11 is 0.866. The van der Waals surface area contributed by atoms with Crippen molar-refractivity contribution in [2.24, 2.45) is 10.8 Å². The van der Waals surface area contributed by atoms with E-state index in [1.165, 1.54) is 0 Å². The number of rotatable bonds is 4. The number of likely N-dealkylation sites (tertiary alicyclic amines) is 2. The van der Waals surface area contributed by atoms with Gasteiger partial charge >= 0.3 is 12.2 Å². The summed E-state index contributed by atoms with van der Waals surface area (Å²) in [6.45, 7) is 2.87. The Morgan fingerprint density at radius 3 is 2.29 bits per heavy atom. The fourth-order valence-corrected chi connectivity index (χ4v) is 6.96. The molecule has 35 heavy (non-hydrogen) atoms. The molecule has 9 nitrogen and oxygen atoms in total. The van der Waals surface area contributed by atoms with Gasteiger partial charge in [0.05, 0.1) is 6.04 Å². The van der Waals surface area contributed by atoms with Crippen molar-refractivity contribution in [3.05, 3.63) is 23.2 Å². The minimum atomic E-state index is -4.46. The Balaban J connectivity index is 0.845. The minimum Gasteiger partial charge on any atom is -0.467 e. The summed E-state index contributed by atoms with van der Waals surface area (Å²) in [6, 6.07) is 0.350. The minimum absolute atomic E-state index is 0.0327. The van der Waals surface area contributed by atoms with Crippen molar-refractivity contribution in [1.82, 2.24) is 29.5 Å².